The maximum Gasteiger partial charge on any atom is 0.328 e. The third-order valence-electron chi connectivity index (χ3n) is 2.61. The quantitative estimate of drug-likeness (QED) is 0.536. The van der Waals surface area contributed by atoms with Gasteiger partial charge in [0.25, 0.3) is 5.91 Å². The van der Waals surface area contributed by atoms with Gasteiger partial charge in [-0.05, 0) is 25.1 Å². The Labute approximate surface area is 133 Å². The van der Waals surface area contributed by atoms with E-state index in [-0.39, 0.29) is 18.8 Å². The third-order valence-corrected chi connectivity index (χ3v) is 2.85. The molecule has 2 N–H and O–H groups in total. The Kier molecular flexibility index (Phi) is 7.42. The number of aliphatic carboxylic acids is 1. The monoisotopic (exact) mass is 327 g/mol. The van der Waals surface area contributed by atoms with Crippen molar-refractivity contribution in [3.05, 3.63) is 41.4 Å². The molecule has 1 unspecified atom stereocenters. The Morgan fingerprint density at radius 3 is 2.82 bits per heavy atom. The molecule has 0 aliphatic heterocycles. The minimum absolute atomic E-state index is 0.162. The highest BCUT2D eigenvalue weighted by atomic mass is 35.5. The van der Waals surface area contributed by atoms with Crippen molar-refractivity contribution in [1.82, 2.24) is 5.32 Å². The third kappa shape index (κ3) is 5.38. The molecule has 1 amide bonds. The summed E-state index contributed by atoms with van der Waals surface area (Å²) in [5.41, 5.74) is 0.209. The average Bonchev–Trinajstić information content (AvgIpc) is 2.46. The van der Waals surface area contributed by atoms with E-state index >= 15 is 0 Å². The van der Waals surface area contributed by atoms with E-state index in [0.29, 0.717) is 17.4 Å². The molecule has 7 heteroatoms. The van der Waals surface area contributed by atoms with Crippen LogP contribution >= 0.6 is 11.6 Å². The Morgan fingerprint density at radius 1 is 1.50 bits per heavy atom. The Morgan fingerprint density at radius 2 is 2.23 bits per heavy atom. The van der Waals surface area contributed by atoms with Crippen LogP contribution in [0.4, 0.5) is 0 Å². The highest BCUT2D eigenvalue weighted by Crippen LogP contribution is 2.23. The summed E-state index contributed by atoms with van der Waals surface area (Å²) in [4.78, 5) is 23.4. The molecular formula is C15H18ClNO5. The predicted molar refractivity (Wildman–Crippen MR) is 82.5 cm³/mol. The van der Waals surface area contributed by atoms with Crippen molar-refractivity contribution in [2.75, 3.05) is 19.8 Å². The molecule has 1 atom stereocenters. The van der Waals surface area contributed by atoms with Crippen molar-refractivity contribution in [1.29, 1.82) is 0 Å². The fraction of sp³-hybridized carbons (Fsp3) is 0.333. The van der Waals surface area contributed by atoms with E-state index in [0.717, 1.165) is 0 Å². The first kappa shape index (κ1) is 18.0. The summed E-state index contributed by atoms with van der Waals surface area (Å²) in [5, 5.41) is 11.9. The SMILES string of the molecule is C=CCOCC(NC(=O)c1ccc(Cl)cc1OCC)C(=O)O. The van der Waals surface area contributed by atoms with Gasteiger partial charge < -0.3 is 19.9 Å². The van der Waals surface area contributed by atoms with Crippen LogP contribution in [-0.2, 0) is 9.53 Å². The van der Waals surface area contributed by atoms with E-state index in [1.54, 1.807) is 6.92 Å². The molecule has 0 bridgehead atoms. The number of carbonyl (C=O) groups excluding carboxylic acids is 1. The molecule has 1 aromatic rings. The van der Waals surface area contributed by atoms with Gasteiger partial charge in [0.05, 0.1) is 25.4 Å². The van der Waals surface area contributed by atoms with Crippen molar-refractivity contribution >= 4 is 23.5 Å². The normalized spacial score (nSPS) is 11.5. The molecule has 1 rings (SSSR count). The first-order valence-corrected chi connectivity index (χ1v) is 7.02. The summed E-state index contributed by atoms with van der Waals surface area (Å²) in [6, 6.07) is 3.34. The van der Waals surface area contributed by atoms with Crippen LogP contribution < -0.4 is 10.1 Å². The van der Waals surface area contributed by atoms with Crippen molar-refractivity contribution in [3.63, 3.8) is 0 Å². The maximum absolute atomic E-state index is 12.2. The smallest absolute Gasteiger partial charge is 0.328 e. The second-order valence-electron chi connectivity index (χ2n) is 4.26. The minimum Gasteiger partial charge on any atom is -0.493 e. The Bertz CT molecular complexity index is 547. The van der Waals surface area contributed by atoms with E-state index in [9.17, 15) is 9.59 Å². The second kappa shape index (κ2) is 9.07. The van der Waals surface area contributed by atoms with E-state index in [1.165, 1.54) is 24.3 Å². The molecule has 0 spiro atoms. The van der Waals surface area contributed by atoms with E-state index in [2.05, 4.69) is 11.9 Å². The number of nitrogens with one attached hydrogen (secondary N) is 1. The highest BCUT2D eigenvalue weighted by molar-refractivity contribution is 6.30. The molecule has 0 aromatic heterocycles. The van der Waals surface area contributed by atoms with Crippen LogP contribution in [0.25, 0.3) is 0 Å². The molecular weight excluding hydrogens is 310 g/mol. The standard InChI is InChI=1S/C15H18ClNO5/c1-3-7-21-9-12(15(19)20)17-14(18)11-6-5-10(16)8-13(11)22-4-2/h3,5-6,8,12H,1,4,7,9H2,2H3,(H,17,18)(H,19,20). The van der Waals surface area contributed by atoms with Gasteiger partial charge in [0.15, 0.2) is 6.04 Å². The number of ether oxygens (including phenoxy) is 2. The van der Waals surface area contributed by atoms with Crippen molar-refractivity contribution in [3.8, 4) is 5.75 Å². The van der Waals surface area contributed by atoms with E-state index in [4.69, 9.17) is 26.2 Å². The molecule has 1 aromatic carbocycles. The molecule has 120 valence electrons. The van der Waals surface area contributed by atoms with Crippen molar-refractivity contribution in [2.45, 2.75) is 13.0 Å². The van der Waals surface area contributed by atoms with E-state index in [1.807, 2.05) is 0 Å². The highest BCUT2D eigenvalue weighted by Gasteiger charge is 2.22. The van der Waals surface area contributed by atoms with Gasteiger partial charge in [-0.2, -0.15) is 0 Å². The lowest BCUT2D eigenvalue weighted by atomic mass is 10.1. The van der Waals surface area contributed by atoms with Crippen LogP contribution in [0.2, 0.25) is 5.02 Å². The first-order chi connectivity index (χ1) is 10.5. The number of hydrogen-bond donors (Lipinski definition) is 2. The zero-order valence-corrected chi connectivity index (χ0v) is 12.9. The number of benzene rings is 1. The number of halogens is 1. The molecule has 0 saturated heterocycles. The van der Waals surface area contributed by atoms with Gasteiger partial charge in [-0.25, -0.2) is 4.79 Å². The summed E-state index contributed by atoms with van der Waals surface area (Å²) >= 11 is 5.86. The zero-order chi connectivity index (χ0) is 16.5. The summed E-state index contributed by atoms with van der Waals surface area (Å²) < 4.78 is 10.4. The van der Waals surface area contributed by atoms with Gasteiger partial charge in [0, 0.05) is 5.02 Å². The molecule has 0 heterocycles. The van der Waals surface area contributed by atoms with Crippen LogP contribution in [0, 0.1) is 0 Å². The maximum atomic E-state index is 12.2. The van der Waals surface area contributed by atoms with Crippen molar-refractivity contribution in [2.24, 2.45) is 0 Å². The number of carbonyl (C=O) groups is 2. The number of carboxylic acids is 1. The predicted octanol–water partition coefficient (Wildman–Crippen LogP) is 2.12. The fourth-order valence-electron chi connectivity index (χ4n) is 1.64. The van der Waals surface area contributed by atoms with Gasteiger partial charge in [-0.1, -0.05) is 17.7 Å². The molecule has 0 aliphatic carbocycles. The molecule has 0 radical (unpaired) electrons. The number of carboxylic acid groups (broad SMARTS) is 1. The van der Waals surface area contributed by atoms with Crippen LogP contribution in [0.15, 0.2) is 30.9 Å². The Balaban J connectivity index is 2.85. The number of hydrogen-bond acceptors (Lipinski definition) is 4. The lowest BCUT2D eigenvalue weighted by molar-refractivity contribution is -0.140. The second-order valence-corrected chi connectivity index (χ2v) is 4.70. The van der Waals surface area contributed by atoms with Gasteiger partial charge in [-0.15, -0.1) is 6.58 Å². The summed E-state index contributed by atoms with van der Waals surface area (Å²) in [7, 11) is 0. The summed E-state index contributed by atoms with van der Waals surface area (Å²) in [5.74, 6) is -1.47. The van der Waals surface area contributed by atoms with Gasteiger partial charge in [-0.3, -0.25) is 4.79 Å². The van der Waals surface area contributed by atoms with Gasteiger partial charge in [0.1, 0.15) is 5.75 Å². The molecule has 22 heavy (non-hydrogen) atoms. The van der Waals surface area contributed by atoms with E-state index < -0.39 is 17.9 Å². The lowest BCUT2D eigenvalue weighted by Gasteiger charge is -2.16. The van der Waals surface area contributed by atoms with Crippen LogP contribution in [0.1, 0.15) is 17.3 Å². The number of rotatable bonds is 9. The first-order valence-electron chi connectivity index (χ1n) is 6.64. The topological polar surface area (TPSA) is 84.9 Å². The Hall–Kier alpha value is -2.05. The van der Waals surface area contributed by atoms with Crippen LogP contribution in [0.5, 0.6) is 5.75 Å². The molecule has 0 saturated carbocycles. The molecule has 0 fully saturated rings. The fourth-order valence-corrected chi connectivity index (χ4v) is 1.80. The van der Waals surface area contributed by atoms with Crippen LogP contribution in [0.3, 0.4) is 0 Å². The average molecular weight is 328 g/mol. The largest absolute Gasteiger partial charge is 0.493 e. The molecule has 0 aliphatic rings. The minimum atomic E-state index is -1.19. The number of amides is 1. The van der Waals surface area contributed by atoms with Crippen LogP contribution in [-0.4, -0.2) is 42.8 Å². The lowest BCUT2D eigenvalue weighted by Crippen LogP contribution is -2.44. The van der Waals surface area contributed by atoms with Gasteiger partial charge >= 0.3 is 5.97 Å². The summed E-state index contributed by atoms with van der Waals surface area (Å²) in [6.45, 7) is 5.62. The van der Waals surface area contributed by atoms with Crippen molar-refractivity contribution < 1.29 is 24.2 Å². The zero-order valence-electron chi connectivity index (χ0n) is 12.2. The molecule has 6 nitrogen and oxygen atoms in total. The summed E-state index contributed by atoms with van der Waals surface area (Å²) in [6.07, 6.45) is 1.49. The van der Waals surface area contributed by atoms with Gasteiger partial charge in [0.2, 0.25) is 0 Å².